The number of nitrogens with one attached hydrogen (secondary N) is 1. The van der Waals surface area contributed by atoms with E-state index in [1.54, 1.807) is 18.3 Å². The van der Waals surface area contributed by atoms with Gasteiger partial charge in [-0.05, 0) is 31.4 Å². The summed E-state index contributed by atoms with van der Waals surface area (Å²) in [4.78, 5) is 12.0. The van der Waals surface area contributed by atoms with Gasteiger partial charge in [-0.1, -0.05) is 22.0 Å². The molecule has 1 N–H and O–H groups in total. The highest BCUT2D eigenvalue weighted by molar-refractivity contribution is 9.10. The summed E-state index contributed by atoms with van der Waals surface area (Å²) in [5, 5.41) is 7.38. The van der Waals surface area contributed by atoms with E-state index in [9.17, 15) is 9.18 Å². The third-order valence-electron chi connectivity index (χ3n) is 3.68. The minimum Gasteiger partial charge on any atom is -0.381 e. The SMILES string of the molecule is O=c1cc(NC2CCC2)cnn1Cc1ccc(Br)cc1F. The number of anilines is 1. The summed E-state index contributed by atoms with van der Waals surface area (Å²) in [7, 11) is 0. The van der Waals surface area contributed by atoms with Crippen molar-refractivity contribution >= 4 is 21.6 Å². The van der Waals surface area contributed by atoms with Crippen LogP contribution in [0.4, 0.5) is 10.1 Å². The molecule has 110 valence electrons. The van der Waals surface area contributed by atoms with Gasteiger partial charge in [0.1, 0.15) is 5.82 Å². The van der Waals surface area contributed by atoms with Crippen molar-refractivity contribution < 1.29 is 4.39 Å². The monoisotopic (exact) mass is 351 g/mol. The lowest BCUT2D eigenvalue weighted by Gasteiger charge is -2.27. The Balaban J connectivity index is 1.77. The molecule has 1 fully saturated rings. The zero-order valence-electron chi connectivity index (χ0n) is 11.4. The van der Waals surface area contributed by atoms with Crippen LogP contribution in [0.5, 0.6) is 0 Å². The van der Waals surface area contributed by atoms with Crippen molar-refractivity contribution in [1.82, 2.24) is 9.78 Å². The topological polar surface area (TPSA) is 46.9 Å². The normalized spacial score (nSPS) is 14.8. The minimum absolute atomic E-state index is 0.127. The van der Waals surface area contributed by atoms with Crippen LogP contribution >= 0.6 is 15.9 Å². The lowest BCUT2D eigenvalue weighted by Crippen LogP contribution is -2.29. The van der Waals surface area contributed by atoms with Gasteiger partial charge >= 0.3 is 0 Å². The van der Waals surface area contributed by atoms with Crippen LogP contribution in [0, 0.1) is 5.82 Å². The third kappa shape index (κ3) is 3.32. The first-order valence-corrected chi connectivity index (χ1v) is 7.69. The third-order valence-corrected chi connectivity index (χ3v) is 4.17. The van der Waals surface area contributed by atoms with Gasteiger partial charge in [0, 0.05) is 22.1 Å². The van der Waals surface area contributed by atoms with E-state index in [2.05, 4.69) is 26.3 Å². The van der Waals surface area contributed by atoms with E-state index in [0.717, 1.165) is 18.5 Å². The molecule has 4 nitrogen and oxygen atoms in total. The Hall–Kier alpha value is -1.69. The Morgan fingerprint density at radius 2 is 2.19 bits per heavy atom. The molecule has 0 bridgehead atoms. The second kappa shape index (κ2) is 5.97. The average molecular weight is 352 g/mol. The molecule has 0 radical (unpaired) electrons. The van der Waals surface area contributed by atoms with E-state index in [0.29, 0.717) is 16.1 Å². The molecule has 0 aliphatic heterocycles. The van der Waals surface area contributed by atoms with Gasteiger partial charge in [0.05, 0.1) is 18.4 Å². The second-order valence-corrected chi connectivity index (χ2v) is 6.16. The maximum atomic E-state index is 13.8. The maximum Gasteiger partial charge on any atom is 0.269 e. The second-order valence-electron chi connectivity index (χ2n) is 5.25. The maximum absolute atomic E-state index is 13.8. The van der Waals surface area contributed by atoms with Gasteiger partial charge in [-0.3, -0.25) is 4.79 Å². The Labute approximate surface area is 130 Å². The van der Waals surface area contributed by atoms with E-state index in [1.807, 2.05) is 0 Å². The lowest BCUT2D eigenvalue weighted by atomic mass is 9.93. The predicted molar refractivity (Wildman–Crippen MR) is 83.0 cm³/mol. The molecule has 0 spiro atoms. The highest BCUT2D eigenvalue weighted by atomic mass is 79.9. The minimum atomic E-state index is -0.352. The highest BCUT2D eigenvalue weighted by Crippen LogP contribution is 2.22. The van der Waals surface area contributed by atoms with Gasteiger partial charge in [0.15, 0.2) is 0 Å². The molecule has 1 aromatic carbocycles. The van der Waals surface area contributed by atoms with Crippen LogP contribution in [0.25, 0.3) is 0 Å². The first-order chi connectivity index (χ1) is 10.1. The standard InChI is InChI=1S/C15H15BrFN3O/c16-11-5-4-10(14(17)6-11)9-20-15(21)7-13(8-18-20)19-12-2-1-3-12/h4-8,12,19H,1-3,9H2. The van der Waals surface area contributed by atoms with Gasteiger partial charge in [-0.15, -0.1) is 0 Å². The Morgan fingerprint density at radius 3 is 2.81 bits per heavy atom. The van der Waals surface area contributed by atoms with E-state index < -0.39 is 0 Å². The summed E-state index contributed by atoms with van der Waals surface area (Å²) in [6.45, 7) is 0.127. The molecule has 0 atom stereocenters. The zero-order chi connectivity index (χ0) is 14.8. The molecule has 1 aliphatic rings. The summed E-state index contributed by atoms with van der Waals surface area (Å²) < 4.78 is 15.7. The molecule has 0 saturated heterocycles. The average Bonchev–Trinajstić information content (AvgIpc) is 2.39. The first-order valence-electron chi connectivity index (χ1n) is 6.89. The molecule has 1 aromatic heterocycles. The molecular weight excluding hydrogens is 337 g/mol. The molecule has 2 aromatic rings. The van der Waals surface area contributed by atoms with Gasteiger partial charge < -0.3 is 5.32 Å². The van der Waals surface area contributed by atoms with Crippen LogP contribution in [0.1, 0.15) is 24.8 Å². The van der Waals surface area contributed by atoms with Crippen molar-refractivity contribution in [2.75, 3.05) is 5.32 Å². The number of rotatable bonds is 4. The van der Waals surface area contributed by atoms with Crippen LogP contribution in [-0.2, 0) is 6.54 Å². The van der Waals surface area contributed by atoms with Gasteiger partial charge in [0.25, 0.3) is 5.56 Å². The van der Waals surface area contributed by atoms with Crippen LogP contribution in [0.2, 0.25) is 0 Å². The van der Waals surface area contributed by atoms with Crippen molar-refractivity contribution in [2.45, 2.75) is 31.8 Å². The molecular formula is C15H15BrFN3O. The first kappa shape index (κ1) is 14.3. The van der Waals surface area contributed by atoms with Gasteiger partial charge in [0.2, 0.25) is 0 Å². The molecule has 1 aliphatic carbocycles. The van der Waals surface area contributed by atoms with Crippen LogP contribution in [-0.4, -0.2) is 15.8 Å². The molecule has 1 saturated carbocycles. The number of benzene rings is 1. The largest absolute Gasteiger partial charge is 0.381 e. The van der Waals surface area contributed by atoms with Gasteiger partial charge in [-0.25, -0.2) is 9.07 Å². The molecule has 3 rings (SSSR count). The van der Waals surface area contributed by atoms with E-state index in [4.69, 9.17) is 0 Å². The molecule has 1 heterocycles. The number of nitrogens with zero attached hydrogens (tertiary/aromatic N) is 2. The van der Waals surface area contributed by atoms with Crippen molar-refractivity contribution in [3.63, 3.8) is 0 Å². The smallest absolute Gasteiger partial charge is 0.269 e. The van der Waals surface area contributed by atoms with E-state index in [1.165, 1.54) is 23.2 Å². The highest BCUT2D eigenvalue weighted by Gasteiger charge is 2.17. The van der Waals surface area contributed by atoms with Crippen LogP contribution < -0.4 is 10.9 Å². The van der Waals surface area contributed by atoms with Crippen molar-refractivity contribution in [2.24, 2.45) is 0 Å². The Bertz CT molecular complexity index is 712. The lowest BCUT2D eigenvalue weighted by molar-refractivity contribution is 0.445. The fourth-order valence-corrected chi connectivity index (χ4v) is 2.56. The zero-order valence-corrected chi connectivity index (χ0v) is 12.9. The summed E-state index contributed by atoms with van der Waals surface area (Å²) in [5.74, 6) is -0.352. The Kier molecular flexibility index (Phi) is 4.05. The molecule has 0 amide bonds. The number of hydrogen-bond donors (Lipinski definition) is 1. The molecule has 21 heavy (non-hydrogen) atoms. The number of halogens is 2. The number of aromatic nitrogens is 2. The fraction of sp³-hybridized carbons (Fsp3) is 0.333. The molecule has 0 unspecified atom stereocenters. The Morgan fingerprint density at radius 1 is 1.38 bits per heavy atom. The van der Waals surface area contributed by atoms with Crippen LogP contribution in [0.3, 0.4) is 0 Å². The summed E-state index contributed by atoms with van der Waals surface area (Å²) in [6, 6.07) is 6.74. The summed E-state index contributed by atoms with van der Waals surface area (Å²) in [5.41, 5.74) is 0.936. The van der Waals surface area contributed by atoms with E-state index >= 15 is 0 Å². The van der Waals surface area contributed by atoms with Crippen molar-refractivity contribution in [3.05, 3.63) is 56.7 Å². The van der Waals surface area contributed by atoms with Gasteiger partial charge in [-0.2, -0.15) is 5.10 Å². The number of hydrogen-bond acceptors (Lipinski definition) is 3. The quantitative estimate of drug-likeness (QED) is 0.920. The summed E-state index contributed by atoms with van der Waals surface area (Å²) >= 11 is 3.21. The van der Waals surface area contributed by atoms with Crippen molar-refractivity contribution in [1.29, 1.82) is 0 Å². The fourth-order valence-electron chi connectivity index (χ4n) is 2.23. The van der Waals surface area contributed by atoms with Crippen LogP contribution in [0.15, 0.2) is 39.7 Å². The predicted octanol–water partition coefficient (Wildman–Crippen LogP) is 3.16. The van der Waals surface area contributed by atoms with E-state index in [-0.39, 0.29) is 17.9 Å². The molecule has 6 heteroatoms. The summed E-state index contributed by atoms with van der Waals surface area (Å²) in [6.07, 6.45) is 5.11. The van der Waals surface area contributed by atoms with Crippen molar-refractivity contribution in [3.8, 4) is 0 Å².